The molecule has 0 amide bonds. The van der Waals surface area contributed by atoms with Gasteiger partial charge in [-0.1, -0.05) is 26.3 Å². The van der Waals surface area contributed by atoms with Gasteiger partial charge >= 0.3 is 0 Å². The predicted molar refractivity (Wildman–Crippen MR) is 53.4 cm³/mol. The molecule has 1 aliphatic rings. The van der Waals surface area contributed by atoms with E-state index in [1.807, 2.05) is 26.8 Å². The van der Waals surface area contributed by atoms with E-state index in [4.69, 9.17) is 0 Å². The Morgan fingerprint density at radius 2 is 2.23 bits per heavy atom. The first-order chi connectivity index (χ1) is 6.02. The molecule has 0 fully saturated rings. The summed E-state index contributed by atoms with van der Waals surface area (Å²) in [6.07, 6.45) is 3.87. The van der Waals surface area contributed by atoms with E-state index in [-0.39, 0.29) is 5.92 Å². The summed E-state index contributed by atoms with van der Waals surface area (Å²) in [5.74, 6) is 0.167. The molecule has 3 atom stereocenters. The van der Waals surface area contributed by atoms with E-state index < -0.39 is 11.7 Å². The largest absolute Gasteiger partial charge is 0.389 e. The van der Waals surface area contributed by atoms with Gasteiger partial charge in [-0.3, -0.25) is 0 Å². The van der Waals surface area contributed by atoms with Gasteiger partial charge in [0.25, 0.3) is 0 Å². The van der Waals surface area contributed by atoms with Crippen LogP contribution >= 0.6 is 0 Å². The van der Waals surface area contributed by atoms with Gasteiger partial charge in [-0.05, 0) is 31.3 Å². The van der Waals surface area contributed by atoms with Gasteiger partial charge in [0.05, 0.1) is 6.10 Å². The van der Waals surface area contributed by atoms with Crippen molar-refractivity contribution in [1.29, 1.82) is 0 Å². The zero-order chi connectivity index (χ0) is 10.1. The van der Waals surface area contributed by atoms with E-state index in [0.29, 0.717) is 6.42 Å². The minimum Gasteiger partial charge on any atom is -0.389 e. The van der Waals surface area contributed by atoms with Crippen molar-refractivity contribution >= 4 is 0 Å². The Hall–Kier alpha value is -0.340. The zero-order valence-electron chi connectivity index (χ0n) is 8.75. The van der Waals surface area contributed by atoms with Crippen LogP contribution in [0.1, 0.15) is 40.0 Å². The highest BCUT2D eigenvalue weighted by molar-refractivity contribution is 5.21. The van der Waals surface area contributed by atoms with Crippen molar-refractivity contribution in [1.82, 2.24) is 0 Å². The highest BCUT2D eigenvalue weighted by atomic mass is 16.3. The van der Waals surface area contributed by atoms with Crippen LogP contribution in [0.4, 0.5) is 0 Å². The monoisotopic (exact) mass is 184 g/mol. The minimum absolute atomic E-state index is 0.167. The van der Waals surface area contributed by atoms with Gasteiger partial charge in [0, 0.05) is 0 Å². The van der Waals surface area contributed by atoms with Crippen molar-refractivity contribution in [3.8, 4) is 0 Å². The lowest BCUT2D eigenvalue weighted by Gasteiger charge is -2.40. The van der Waals surface area contributed by atoms with Crippen LogP contribution < -0.4 is 0 Å². The summed E-state index contributed by atoms with van der Waals surface area (Å²) in [5, 5.41) is 20.2. The van der Waals surface area contributed by atoms with Crippen molar-refractivity contribution in [2.75, 3.05) is 0 Å². The third-order valence-electron chi connectivity index (χ3n) is 3.14. The number of aliphatic hydroxyl groups excluding tert-OH is 1. The molecule has 0 aliphatic heterocycles. The number of allylic oxidation sites excluding steroid dienone is 1. The fourth-order valence-electron chi connectivity index (χ4n) is 2.10. The average molecular weight is 184 g/mol. The topological polar surface area (TPSA) is 40.5 Å². The Morgan fingerprint density at radius 3 is 2.77 bits per heavy atom. The first-order valence-electron chi connectivity index (χ1n) is 5.10. The lowest BCUT2D eigenvalue weighted by Crippen LogP contribution is -2.49. The van der Waals surface area contributed by atoms with Crippen LogP contribution in [-0.4, -0.2) is 21.9 Å². The third-order valence-corrected chi connectivity index (χ3v) is 3.14. The van der Waals surface area contributed by atoms with Crippen LogP contribution in [0.15, 0.2) is 11.6 Å². The number of hydrogen-bond donors (Lipinski definition) is 2. The maximum Gasteiger partial charge on any atom is 0.111 e. The molecular formula is C11H20O2. The predicted octanol–water partition coefficient (Wildman–Crippen LogP) is 1.86. The molecule has 2 heteroatoms. The highest BCUT2D eigenvalue weighted by Crippen LogP contribution is 2.36. The van der Waals surface area contributed by atoms with Crippen molar-refractivity contribution in [3.05, 3.63) is 11.6 Å². The second-order valence-corrected chi connectivity index (χ2v) is 4.22. The maximum atomic E-state index is 10.3. The fraction of sp³-hybridized carbons (Fsp3) is 0.818. The minimum atomic E-state index is -0.966. The SMILES string of the molecule is CCCC1(O)C(C)=CCC(C)C1O. The molecule has 0 bridgehead atoms. The molecule has 2 N–H and O–H groups in total. The van der Waals surface area contributed by atoms with Gasteiger partial charge in [0.15, 0.2) is 0 Å². The summed E-state index contributed by atoms with van der Waals surface area (Å²) in [6.45, 7) is 5.91. The molecule has 0 aromatic carbocycles. The molecule has 76 valence electrons. The van der Waals surface area contributed by atoms with E-state index >= 15 is 0 Å². The first-order valence-corrected chi connectivity index (χ1v) is 5.10. The van der Waals surface area contributed by atoms with Crippen LogP contribution in [0, 0.1) is 5.92 Å². The molecule has 0 aromatic heterocycles. The van der Waals surface area contributed by atoms with Crippen LogP contribution in [0.3, 0.4) is 0 Å². The van der Waals surface area contributed by atoms with Gasteiger partial charge in [-0.15, -0.1) is 0 Å². The lowest BCUT2D eigenvalue weighted by atomic mass is 9.74. The molecule has 1 rings (SSSR count). The summed E-state index contributed by atoms with van der Waals surface area (Å²) in [6, 6.07) is 0. The van der Waals surface area contributed by atoms with E-state index in [2.05, 4.69) is 0 Å². The standard InChI is InChI=1S/C11H20O2/c1-4-7-11(13)9(3)6-5-8(2)10(11)12/h6,8,10,12-13H,4-5,7H2,1-3H3. The van der Waals surface area contributed by atoms with Crippen LogP contribution in [-0.2, 0) is 0 Å². The highest BCUT2D eigenvalue weighted by Gasteiger charge is 2.41. The Balaban J connectivity index is 2.89. The molecule has 0 radical (unpaired) electrons. The summed E-state index contributed by atoms with van der Waals surface area (Å²) < 4.78 is 0. The van der Waals surface area contributed by atoms with Crippen LogP contribution in [0.5, 0.6) is 0 Å². The first kappa shape index (κ1) is 10.7. The van der Waals surface area contributed by atoms with Crippen molar-refractivity contribution in [2.45, 2.75) is 51.7 Å². The molecule has 0 saturated heterocycles. The van der Waals surface area contributed by atoms with Gasteiger partial charge in [0.2, 0.25) is 0 Å². The number of rotatable bonds is 2. The van der Waals surface area contributed by atoms with Crippen LogP contribution in [0.25, 0.3) is 0 Å². The quantitative estimate of drug-likeness (QED) is 0.643. The van der Waals surface area contributed by atoms with E-state index in [0.717, 1.165) is 18.4 Å². The molecular weight excluding hydrogens is 164 g/mol. The molecule has 1 aliphatic carbocycles. The molecule has 3 unspecified atom stereocenters. The van der Waals surface area contributed by atoms with Crippen molar-refractivity contribution < 1.29 is 10.2 Å². The summed E-state index contributed by atoms with van der Waals surface area (Å²) in [4.78, 5) is 0. The van der Waals surface area contributed by atoms with Crippen LogP contribution in [0.2, 0.25) is 0 Å². The summed E-state index contributed by atoms with van der Waals surface area (Å²) in [7, 11) is 0. The molecule has 0 aromatic rings. The summed E-state index contributed by atoms with van der Waals surface area (Å²) in [5.41, 5.74) is -0.0353. The number of hydrogen-bond acceptors (Lipinski definition) is 2. The molecule has 0 heterocycles. The second-order valence-electron chi connectivity index (χ2n) is 4.22. The molecule has 0 spiro atoms. The van der Waals surface area contributed by atoms with E-state index in [1.165, 1.54) is 0 Å². The Morgan fingerprint density at radius 1 is 1.62 bits per heavy atom. The van der Waals surface area contributed by atoms with Gasteiger partial charge in [0.1, 0.15) is 5.60 Å². The van der Waals surface area contributed by atoms with E-state index in [1.54, 1.807) is 0 Å². The second kappa shape index (κ2) is 3.81. The Kier molecular flexibility index (Phi) is 3.14. The fourth-order valence-corrected chi connectivity index (χ4v) is 2.10. The zero-order valence-corrected chi connectivity index (χ0v) is 8.75. The number of aliphatic hydroxyl groups is 2. The van der Waals surface area contributed by atoms with Gasteiger partial charge in [-0.2, -0.15) is 0 Å². The molecule has 13 heavy (non-hydrogen) atoms. The Bertz CT molecular complexity index is 210. The van der Waals surface area contributed by atoms with E-state index in [9.17, 15) is 10.2 Å². The molecule has 2 nitrogen and oxygen atoms in total. The maximum absolute atomic E-state index is 10.3. The third kappa shape index (κ3) is 1.79. The lowest BCUT2D eigenvalue weighted by molar-refractivity contribution is -0.0836. The molecule has 0 saturated carbocycles. The Labute approximate surface area is 80.3 Å². The average Bonchev–Trinajstić information content (AvgIpc) is 2.10. The van der Waals surface area contributed by atoms with Crippen molar-refractivity contribution in [3.63, 3.8) is 0 Å². The smallest absolute Gasteiger partial charge is 0.111 e. The normalized spacial score (nSPS) is 40.2. The summed E-state index contributed by atoms with van der Waals surface area (Å²) >= 11 is 0. The van der Waals surface area contributed by atoms with Gasteiger partial charge in [-0.25, -0.2) is 0 Å². The van der Waals surface area contributed by atoms with Gasteiger partial charge < -0.3 is 10.2 Å². The van der Waals surface area contributed by atoms with Crippen molar-refractivity contribution in [2.24, 2.45) is 5.92 Å².